The van der Waals surface area contributed by atoms with Gasteiger partial charge in [0.1, 0.15) is 0 Å². The summed E-state index contributed by atoms with van der Waals surface area (Å²) in [5.41, 5.74) is 5.49. The molecule has 0 fully saturated rings. The Morgan fingerprint density at radius 2 is 1.29 bits per heavy atom. The highest BCUT2D eigenvalue weighted by atomic mass is 16.2. The molecule has 5 nitrogen and oxygen atoms in total. The summed E-state index contributed by atoms with van der Waals surface area (Å²) < 4.78 is 0. The van der Waals surface area contributed by atoms with Crippen LogP contribution in [0, 0.1) is 0 Å². The average Bonchev–Trinajstić information content (AvgIpc) is 2.41. The summed E-state index contributed by atoms with van der Waals surface area (Å²) in [7, 11) is 8.30. The molecule has 0 rings (SSSR count). The maximum atomic E-state index is 12.3. The van der Waals surface area contributed by atoms with Gasteiger partial charge in [-0.2, -0.15) is 0 Å². The van der Waals surface area contributed by atoms with Crippen LogP contribution < -0.4 is 5.73 Å². The molecule has 2 N–H and O–H groups in total. The maximum absolute atomic E-state index is 12.3. The summed E-state index contributed by atoms with van der Waals surface area (Å²) in [5, 5.41) is 0. The van der Waals surface area contributed by atoms with Crippen molar-refractivity contribution < 1.29 is 4.79 Å². The van der Waals surface area contributed by atoms with Gasteiger partial charge >= 0.3 is 0 Å². The average molecular weight is 300 g/mol. The van der Waals surface area contributed by atoms with Gasteiger partial charge in [-0.25, -0.2) is 0 Å². The first-order valence-corrected chi connectivity index (χ1v) is 8.24. The van der Waals surface area contributed by atoms with E-state index in [2.05, 4.69) is 42.9 Å². The van der Waals surface area contributed by atoms with Crippen LogP contribution >= 0.6 is 0 Å². The second kappa shape index (κ2) is 13.0. The minimum Gasteiger partial charge on any atom is -0.343 e. The maximum Gasteiger partial charge on any atom is 0.222 e. The molecule has 0 aliphatic heterocycles. The van der Waals surface area contributed by atoms with E-state index >= 15 is 0 Å². The molecule has 126 valence electrons. The fourth-order valence-electron chi connectivity index (χ4n) is 2.27. The van der Waals surface area contributed by atoms with E-state index in [1.54, 1.807) is 0 Å². The number of amides is 1. The first-order chi connectivity index (χ1) is 9.97. The lowest BCUT2D eigenvalue weighted by atomic mass is 10.1. The van der Waals surface area contributed by atoms with Crippen molar-refractivity contribution in [2.24, 2.45) is 5.73 Å². The van der Waals surface area contributed by atoms with E-state index in [-0.39, 0.29) is 0 Å². The summed E-state index contributed by atoms with van der Waals surface area (Å²) in [6, 6.07) is 0. The predicted molar refractivity (Wildman–Crippen MR) is 90.4 cm³/mol. The Hall–Kier alpha value is -0.650. The van der Waals surface area contributed by atoms with Crippen LogP contribution in [0.15, 0.2) is 0 Å². The summed E-state index contributed by atoms with van der Waals surface area (Å²) in [4.78, 5) is 18.7. The summed E-state index contributed by atoms with van der Waals surface area (Å²) >= 11 is 0. The van der Waals surface area contributed by atoms with Gasteiger partial charge in [-0.3, -0.25) is 4.79 Å². The van der Waals surface area contributed by atoms with Crippen molar-refractivity contribution in [1.29, 1.82) is 0 Å². The Balaban J connectivity index is 4.10. The third-order valence-electron chi connectivity index (χ3n) is 3.51. The smallest absolute Gasteiger partial charge is 0.222 e. The van der Waals surface area contributed by atoms with Crippen molar-refractivity contribution in [3.8, 4) is 0 Å². The van der Waals surface area contributed by atoms with Crippen molar-refractivity contribution in [3.63, 3.8) is 0 Å². The normalized spacial score (nSPS) is 11.4. The largest absolute Gasteiger partial charge is 0.343 e. The van der Waals surface area contributed by atoms with Gasteiger partial charge in [-0.15, -0.1) is 0 Å². The molecule has 0 atom stereocenters. The molecular weight excluding hydrogens is 264 g/mol. The highest BCUT2D eigenvalue weighted by Crippen LogP contribution is 2.05. The number of carbonyl (C=O) groups is 1. The monoisotopic (exact) mass is 300 g/mol. The fourth-order valence-corrected chi connectivity index (χ4v) is 2.27. The Kier molecular flexibility index (Phi) is 12.6. The number of nitrogens with zero attached hydrogens (tertiary/aromatic N) is 3. The van der Waals surface area contributed by atoms with Crippen LogP contribution in [0.1, 0.15) is 38.5 Å². The fraction of sp³-hybridized carbons (Fsp3) is 0.938. The zero-order valence-electron chi connectivity index (χ0n) is 14.6. The minimum atomic E-state index is 0.310. The van der Waals surface area contributed by atoms with Crippen molar-refractivity contribution in [2.75, 3.05) is 60.9 Å². The standard InChI is InChI=1S/C16H36N4O/c1-18(2)12-8-14-20(15-9-13-19(3)4)16(21)10-6-5-7-11-17/h5-15,17H2,1-4H3. The topological polar surface area (TPSA) is 52.8 Å². The lowest BCUT2D eigenvalue weighted by Crippen LogP contribution is -2.35. The number of unbranched alkanes of at least 4 members (excludes halogenated alkanes) is 2. The lowest BCUT2D eigenvalue weighted by Gasteiger charge is -2.24. The van der Waals surface area contributed by atoms with Gasteiger partial charge in [0.15, 0.2) is 0 Å². The molecule has 0 radical (unpaired) electrons. The van der Waals surface area contributed by atoms with E-state index in [0.29, 0.717) is 12.3 Å². The van der Waals surface area contributed by atoms with Crippen LogP contribution in [-0.2, 0) is 4.79 Å². The molecule has 0 bridgehead atoms. The molecular formula is C16H36N4O. The molecule has 1 amide bonds. The van der Waals surface area contributed by atoms with Crippen LogP contribution in [0.5, 0.6) is 0 Å². The predicted octanol–water partition coefficient (Wildman–Crippen LogP) is 1.24. The summed E-state index contributed by atoms with van der Waals surface area (Å²) in [6.07, 6.45) is 5.81. The van der Waals surface area contributed by atoms with E-state index in [9.17, 15) is 4.79 Å². The van der Waals surface area contributed by atoms with Gasteiger partial charge in [0.05, 0.1) is 0 Å². The Morgan fingerprint density at radius 1 is 0.762 bits per heavy atom. The van der Waals surface area contributed by atoms with Gasteiger partial charge in [0, 0.05) is 19.5 Å². The van der Waals surface area contributed by atoms with Gasteiger partial charge in [-0.05, 0) is 73.5 Å². The molecule has 5 heteroatoms. The van der Waals surface area contributed by atoms with Crippen LogP contribution in [0.3, 0.4) is 0 Å². The second-order valence-electron chi connectivity index (χ2n) is 6.29. The Labute approximate surface area is 131 Å². The number of rotatable bonds is 13. The Morgan fingerprint density at radius 3 is 1.71 bits per heavy atom. The first kappa shape index (κ1) is 20.3. The second-order valence-corrected chi connectivity index (χ2v) is 6.29. The number of carbonyl (C=O) groups excluding carboxylic acids is 1. The van der Waals surface area contributed by atoms with Crippen molar-refractivity contribution in [2.45, 2.75) is 38.5 Å². The van der Waals surface area contributed by atoms with Crippen LogP contribution in [0.4, 0.5) is 0 Å². The van der Waals surface area contributed by atoms with Crippen LogP contribution in [-0.4, -0.2) is 81.5 Å². The van der Waals surface area contributed by atoms with Crippen LogP contribution in [0.25, 0.3) is 0 Å². The highest BCUT2D eigenvalue weighted by molar-refractivity contribution is 5.76. The molecule has 0 spiro atoms. The number of hydrogen-bond donors (Lipinski definition) is 1. The third kappa shape index (κ3) is 12.8. The van der Waals surface area contributed by atoms with E-state index in [1.807, 2.05) is 0 Å². The summed E-state index contributed by atoms with van der Waals surface area (Å²) in [5.74, 6) is 0.310. The van der Waals surface area contributed by atoms with Gasteiger partial charge in [0.25, 0.3) is 0 Å². The molecule has 0 saturated carbocycles. The molecule has 0 aliphatic rings. The van der Waals surface area contributed by atoms with Crippen molar-refractivity contribution >= 4 is 5.91 Å². The molecule has 0 aromatic rings. The van der Waals surface area contributed by atoms with E-state index in [4.69, 9.17) is 5.73 Å². The van der Waals surface area contributed by atoms with E-state index in [1.165, 1.54) is 0 Å². The molecule has 0 aliphatic carbocycles. The third-order valence-corrected chi connectivity index (χ3v) is 3.51. The zero-order chi connectivity index (χ0) is 16.1. The van der Waals surface area contributed by atoms with E-state index in [0.717, 1.165) is 64.8 Å². The molecule has 0 heterocycles. The van der Waals surface area contributed by atoms with Gasteiger partial charge < -0.3 is 20.4 Å². The molecule has 0 saturated heterocycles. The summed E-state index contributed by atoms with van der Waals surface area (Å²) in [6.45, 7) is 4.54. The number of hydrogen-bond acceptors (Lipinski definition) is 4. The van der Waals surface area contributed by atoms with Crippen molar-refractivity contribution in [3.05, 3.63) is 0 Å². The molecule has 0 aromatic heterocycles. The Bertz CT molecular complexity index is 243. The molecule has 21 heavy (non-hydrogen) atoms. The van der Waals surface area contributed by atoms with E-state index < -0.39 is 0 Å². The number of nitrogens with two attached hydrogens (primary N) is 1. The molecule has 0 aromatic carbocycles. The minimum absolute atomic E-state index is 0.310. The quantitative estimate of drug-likeness (QED) is 0.520. The molecule has 0 unspecified atom stereocenters. The highest BCUT2D eigenvalue weighted by Gasteiger charge is 2.12. The van der Waals surface area contributed by atoms with Crippen molar-refractivity contribution in [1.82, 2.24) is 14.7 Å². The van der Waals surface area contributed by atoms with Gasteiger partial charge in [0.2, 0.25) is 5.91 Å². The van der Waals surface area contributed by atoms with Gasteiger partial charge in [-0.1, -0.05) is 6.42 Å². The first-order valence-electron chi connectivity index (χ1n) is 8.24. The SMILES string of the molecule is CN(C)CCCN(CCCN(C)C)C(=O)CCCCCN. The lowest BCUT2D eigenvalue weighted by molar-refractivity contribution is -0.131. The zero-order valence-corrected chi connectivity index (χ0v) is 14.6. The van der Waals surface area contributed by atoms with Crippen LogP contribution in [0.2, 0.25) is 0 Å².